The monoisotopic (exact) mass is 427 g/mol. The first-order valence-corrected chi connectivity index (χ1v) is 10.4. The molecule has 1 unspecified atom stereocenters. The normalized spacial score (nSPS) is 28.7. The minimum absolute atomic E-state index is 0.118. The summed E-state index contributed by atoms with van der Waals surface area (Å²) in [6.45, 7) is 4.05. The molecule has 1 aromatic carbocycles. The number of amides is 1. The highest BCUT2D eigenvalue weighted by molar-refractivity contribution is 6.22. The number of benzene rings is 1. The average molecular weight is 427 g/mol. The molecule has 4 rings (SSSR count). The summed E-state index contributed by atoms with van der Waals surface area (Å²) in [7, 11) is 0. The van der Waals surface area contributed by atoms with Gasteiger partial charge in [-0.2, -0.15) is 0 Å². The highest BCUT2D eigenvalue weighted by atomic mass is 16.3. The van der Waals surface area contributed by atoms with Crippen LogP contribution in [0.3, 0.4) is 0 Å². The van der Waals surface area contributed by atoms with E-state index >= 15 is 0 Å². The van der Waals surface area contributed by atoms with E-state index in [0.717, 1.165) is 17.5 Å². The Morgan fingerprint density at radius 2 is 1.90 bits per heavy atom. The number of nitrogens with two attached hydrogens (primary N) is 1. The summed E-state index contributed by atoms with van der Waals surface area (Å²) in [4.78, 5) is 37.4. The summed E-state index contributed by atoms with van der Waals surface area (Å²) in [5.41, 5.74) is 3.58. The highest BCUT2D eigenvalue weighted by Gasteiger charge is 2.60. The Hall–Kier alpha value is -3.13. The van der Waals surface area contributed by atoms with Gasteiger partial charge in [0, 0.05) is 17.9 Å². The largest absolute Gasteiger partial charge is 0.508 e. The molecule has 3 aliphatic rings. The van der Waals surface area contributed by atoms with Crippen molar-refractivity contribution in [1.29, 1.82) is 0 Å². The van der Waals surface area contributed by atoms with Gasteiger partial charge in [0.1, 0.15) is 22.8 Å². The van der Waals surface area contributed by atoms with E-state index in [4.69, 9.17) is 5.73 Å². The van der Waals surface area contributed by atoms with Crippen molar-refractivity contribution < 1.29 is 34.8 Å². The number of hydrogen-bond donors (Lipinski definition) is 5. The second-order valence-corrected chi connectivity index (χ2v) is 8.74. The SMILES string of the molecule is CCC(C)c1ccc(O)c2c1C[C@H]1C[C@H]3CC(=O)C(C(N)=O)=C(O)[C@@]3(O)C(=O)C1=C2O. The lowest BCUT2D eigenvalue weighted by Gasteiger charge is -2.46. The molecule has 0 spiro atoms. The van der Waals surface area contributed by atoms with E-state index in [1.165, 1.54) is 6.07 Å². The van der Waals surface area contributed by atoms with Crippen molar-refractivity contribution >= 4 is 23.2 Å². The van der Waals surface area contributed by atoms with Crippen molar-refractivity contribution in [2.75, 3.05) is 0 Å². The standard InChI is InChI=1S/C23H25NO7/c1-3-9(2)12-4-5-14(25)17-13(12)7-10-6-11-8-15(26)18(22(24)30)21(29)23(11,31)20(28)16(10)19(17)27/h4-5,9-11,25,27,29,31H,3,6-8H2,1-2H3,(H2,24,30)/t9?,10-,11+,23+/m1/s1. The van der Waals surface area contributed by atoms with E-state index in [2.05, 4.69) is 0 Å². The van der Waals surface area contributed by atoms with Crippen LogP contribution in [0.1, 0.15) is 55.7 Å². The molecule has 1 fully saturated rings. The number of aliphatic hydroxyl groups excluding tert-OH is 2. The lowest BCUT2D eigenvalue weighted by atomic mass is 9.59. The van der Waals surface area contributed by atoms with Gasteiger partial charge in [-0.15, -0.1) is 0 Å². The molecular formula is C23H25NO7. The Kier molecular flexibility index (Phi) is 4.73. The smallest absolute Gasteiger partial charge is 0.255 e. The Bertz CT molecular complexity index is 1100. The van der Waals surface area contributed by atoms with Crippen molar-refractivity contribution in [3.8, 4) is 5.75 Å². The molecule has 1 amide bonds. The first-order valence-electron chi connectivity index (χ1n) is 10.4. The number of fused-ring (bicyclic) bond motifs is 3. The third kappa shape index (κ3) is 2.74. The molecule has 31 heavy (non-hydrogen) atoms. The van der Waals surface area contributed by atoms with Crippen molar-refractivity contribution in [1.82, 2.24) is 0 Å². The molecule has 0 radical (unpaired) electrons. The summed E-state index contributed by atoms with van der Waals surface area (Å²) >= 11 is 0. The molecule has 0 heterocycles. The Labute approximate surface area is 178 Å². The van der Waals surface area contributed by atoms with Crippen LogP contribution in [0, 0.1) is 11.8 Å². The van der Waals surface area contributed by atoms with E-state index in [-0.39, 0.29) is 35.6 Å². The van der Waals surface area contributed by atoms with Crippen LogP contribution in [0.4, 0.5) is 0 Å². The number of rotatable bonds is 3. The van der Waals surface area contributed by atoms with Crippen molar-refractivity contribution in [2.24, 2.45) is 17.6 Å². The molecular weight excluding hydrogens is 402 g/mol. The summed E-state index contributed by atoms with van der Waals surface area (Å²) in [5.74, 6) is -5.94. The number of aromatic hydroxyl groups is 1. The fourth-order valence-electron chi connectivity index (χ4n) is 5.33. The van der Waals surface area contributed by atoms with Crippen molar-refractivity contribution in [3.05, 3.63) is 45.7 Å². The third-order valence-corrected chi connectivity index (χ3v) is 7.13. The Balaban J connectivity index is 1.93. The number of ketones is 2. The van der Waals surface area contributed by atoms with Gasteiger partial charge in [-0.1, -0.05) is 19.9 Å². The first-order chi connectivity index (χ1) is 14.5. The molecule has 0 saturated heterocycles. The number of carbonyl (C=O) groups is 3. The summed E-state index contributed by atoms with van der Waals surface area (Å²) in [5, 5.41) is 43.2. The lowest BCUT2D eigenvalue weighted by Crippen LogP contribution is -2.58. The number of Topliss-reactive ketones (excluding diaryl/α,β-unsaturated/α-hetero) is 2. The van der Waals surface area contributed by atoms with Gasteiger partial charge in [0.2, 0.25) is 5.78 Å². The molecule has 4 atom stereocenters. The average Bonchev–Trinajstić information content (AvgIpc) is 2.70. The minimum atomic E-state index is -2.53. The zero-order valence-electron chi connectivity index (χ0n) is 17.3. The van der Waals surface area contributed by atoms with Crippen molar-refractivity contribution in [2.45, 2.75) is 51.0 Å². The van der Waals surface area contributed by atoms with Gasteiger partial charge >= 0.3 is 0 Å². The fraction of sp³-hybridized carbons (Fsp3) is 0.435. The van der Waals surface area contributed by atoms with E-state index < -0.39 is 52.0 Å². The van der Waals surface area contributed by atoms with Crippen LogP contribution >= 0.6 is 0 Å². The zero-order chi connectivity index (χ0) is 22.8. The van der Waals surface area contributed by atoms with E-state index in [1.807, 2.05) is 13.8 Å². The molecule has 1 saturated carbocycles. The number of carbonyl (C=O) groups excluding carboxylic acids is 3. The van der Waals surface area contributed by atoms with Crippen LogP contribution < -0.4 is 5.73 Å². The number of hydrogen-bond acceptors (Lipinski definition) is 7. The molecule has 164 valence electrons. The summed E-state index contributed by atoms with van der Waals surface area (Å²) in [6.07, 6.45) is 0.991. The molecule has 1 aromatic rings. The van der Waals surface area contributed by atoms with Gasteiger partial charge in [0.15, 0.2) is 11.4 Å². The molecule has 8 nitrogen and oxygen atoms in total. The van der Waals surface area contributed by atoms with Gasteiger partial charge < -0.3 is 26.2 Å². The van der Waals surface area contributed by atoms with Crippen LogP contribution in [-0.4, -0.2) is 43.5 Å². The number of primary amides is 1. The third-order valence-electron chi connectivity index (χ3n) is 7.13. The maximum Gasteiger partial charge on any atom is 0.255 e. The summed E-state index contributed by atoms with van der Waals surface area (Å²) < 4.78 is 0. The maximum atomic E-state index is 13.4. The van der Waals surface area contributed by atoms with Gasteiger partial charge in [-0.3, -0.25) is 14.4 Å². The predicted octanol–water partition coefficient (Wildman–Crippen LogP) is 1.94. The van der Waals surface area contributed by atoms with Crippen molar-refractivity contribution in [3.63, 3.8) is 0 Å². The number of phenolic OH excluding ortho intramolecular Hbond substituents is 1. The Morgan fingerprint density at radius 3 is 2.52 bits per heavy atom. The zero-order valence-corrected chi connectivity index (χ0v) is 17.3. The van der Waals surface area contributed by atoms with Crippen LogP contribution in [0.2, 0.25) is 0 Å². The minimum Gasteiger partial charge on any atom is -0.508 e. The van der Waals surface area contributed by atoms with E-state index in [0.29, 0.717) is 6.42 Å². The highest BCUT2D eigenvalue weighted by Crippen LogP contribution is 2.52. The van der Waals surface area contributed by atoms with Crippen LogP contribution in [0.15, 0.2) is 29.0 Å². The maximum absolute atomic E-state index is 13.4. The topological polar surface area (TPSA) is 158 Å². The molecule has 0 aromatic heterocycles. The van der Waals surface area contributed by atoms with Crippen LogP contribution in [0.25, 0.3) is 5.76 Å². The van der Waals surface area contributed by atoms with Gasteiger partial charge in [0.25, 0.3) is 5.91 Å². The number of phenols is 1. The fourth-order valence-corrected chi connectivity index (χ4v) is 5.33. The molecule has 8 heteroatoms. The summed E-state index contributed by atoms with van der Waals surface area (Å²) in [6, 6.07) is 3.27. The first kappa shape index (κ1) is 21.1. The van der Waals surface area contributed by atoms with Crippen LogP contribution in [-0.2, 0) is 20.8 Å². The van der Waals surface area contributed by atoms with Gasteiger partial charge in [-0.05, 0) is 48.3 Å². The van der Waals surface area contributed by atoms with Gasteiger partial charge in [0.05, 0.1) is 5.56 Å². The predicted molar refractivity (Wildman–Crippen MR) is 110 cm³/mol. The second kappa shape index (κ2) is 6.95. The molecule has 6 N–H and O–H groups in total. The second-order valence-electron chi connectivity index (χ2n) is 8.74. The van der Waals surface area contributed by atoms with Crippen LogP contribution in [0.5, 0.6) is 5.75 Å². The lowest BCUT2D eigenvalue weighted by molar-refractivity contribution is -0.147. The molecule has 0 aliphatic heterocycles. The quantitative estimate of drug-likeness (QED) is 0.461. The van der Waals surface area contributed by atoms with Gasteiger partial charge in [-0.25, -0.2) is 0 Å². The van der Waals surface area contributed by atoms with E-state index in [9.17, 15) is 34.8 Å². The van der Waals surface area contributed by atoms with E-state index in [1.54, 1.807) is 6.07 Å². The molecule has 3 aliphatic carbocycles. The molecule has 0 bridgehead atoms. The Morgan fingerprint density at radius 1 is 1.23 bits per heavy atom. The number of aliphatic hydroxyl groups is 3.